The fraction of sp³-hybridized carbons (Fsp3) is 0.361. The summed E-state index contributed by atoms with van der Waals surface area (Å²) in [6.07, 6.45) is 1.02. The number of nitrogens with one attached hydrogen (secondary N) is 3. The minimum absolute atomic E-state index is 0.00591. The van der Waals surface area contributed by atoms with Gasteiger partial charge in [-0.15, -0.1) is 0 Å². The van der Waals surface area contributed by atoms with Gasteiger partial charge >= 0.3 is 12.3 Å². The zero-order valence-electron chi connectivity index (χ0n) is 28.0. The number of hydrogen-bond acceptors (Lipinski definition) is 6. The van der Waals surface area contributed by atoms with Gasteiger partial charge < -0.3 is 15.4 Å². The Hall–Kier alpha value is -5.27. The third kappa shape index (κ3) is 8.65. The molecule has 10 nitrogen and oxygen atoms in total. The van der Waals surface area contributed by atoms with E-state index in [1.165, 1.54) is 36.4 Å². The number of hydrogen-bond donors (Lipinski definition) is 3. The number of pyridine rings is 1. The molecule has 14 heteroatoms. The average molecular weight is 695 g/mol. The predicted octanol–water partition coefficient (Wildman–Crippen LogP) is 7.98. The molecule has 1 aliphatic rings. The van der Waals surface area contributed by atoms with Gasteiger partial charge in [-0.25, -0.2) is 13.9 Å². The topological polar surface area (TPSA) is 127 Å². The van der Waals surface area contributed by atoms with E-state index in [0.717, 1.165) is 30.0 Å². The molecule has 50 heavy (non-hydrogen) atoms. The van der Waals surface area contributed by atoms with Crippen LogP contribution in [-0.2, 0) is 21.2 Å². The van der Waals surface area contributed by atoms with Crippen molar-refractivity contribution in [2.45, 2.75) is 77.1 Å². The number of halogens is 4. The number of carbonyl (C=O) groups excluding carboxylic acids is 3. The van der Waals surface area contributed by atoms with Gasteiger partial charge in [-0.2, -0.15) is 18.3 Å². The molecule has 0 saturated heterocycles. The first kappa shape index (κ1) is 36.0. The molecule has 1 aliphatic carbocycles. The van der Waals surface area contributed by atoms with Crippen LogP contribution < -0.4 is 16.0 Å². The molecule has 2 heterocycles. The lowest BCUT2D eigenvalue weighted by atomic mass is 9.78. The summed E-state index contributed by atoms with van der Waals surface area (Å²) in [6, 6.07) is 13.7. The van der Waals surface area contributed by atoms with Gasteiger partial charge in [-0.3, -0.25) is 19.9 Å². The van der Waals surface area contributed by atoms with E-state index < -0.39 is 46.5 Å². The van der Waals surface area contributed by atoms with Crippen LogP contribution >= 0.6 is 0 Å². The second-order valence-electron chi connectivity index (χ2n) is 13.2. The average Bonchev–Trinajstić information content (AvgIpc) is 3.77. The number of nitrogens with zero attached hydrogens (tertiary/aromatic N) is 3. The highest BCUT2D eigenvalue weighted by Crippen LogP contribution is 2.42. The molecule has 0 spiro atoms. The van der Waals surface area contributed by atoms with Gasteiger partial charge in [0.05, 0.1) is 16.9 Å². The molecule has 3 amide bonds. The lowest BCUT2D eigenvalue weighted by Gasteiger charge is -2.36. The summed E-state index contributed by atoms with van der Waals surface area (Å²) in [5, 5.41) is 11.7. The van der Waals surface area contributed by atoms with E-state index in [1.54, 1.807) is 52.2 Å². The van der Waals surface area contributed by atoms with Crippen LogP contribution in [0.1, 0.15) is 87.1 Å². The molecule has 3 N–H and O–H groups in total. The van der Waals surface area contributed by atoms with E-state index in [4.69, 9.17) is 4.74 Å². The molecule has 0 bridgehead atoms. The van der Waals surface area contributed by atoms with Crippen LogP contribution in [-0.4, -0.2) is 38.3 Å². The number of benzene rings is 2. The van der Waals surface area contributed by atoms with Gasteiger partial charge in [0, 0.05) is 36.1 Å². The minimum Gasteiger partial charge on any atom is -0.444 e. The monoisotopic (exact) mass is 694 g/mol. The van der Waals surface area contributed by atoms with Crippen LogP contribution in [0, 0.1) is 11.7 Å². The molecular weight excluding hydrogens is 656 g/mol. The van der Waals surface area contributed by atoms with E-state index in [0.29, 0.717) is 29.5 Å². The van der Waals surface area contributed by atoms with Crippen LogP contribution in [0.15, 0.2) is 73.1 Å². The van der Waals surface area contributed by atoms with Crippen molar-refractivity contribution < 1.29 is 36.7 Å². The van der Waals surface area contributed by atoms with Crippen LogP contribution in [0.25, 0.3) is 5.69 Å². The molecule has 1 fully saturated rings. The maximum atomic E-state index is 15.4. The Labute approximate surface area is 286 Å². The Balaban J connectivity index is 1.53. The van der Waals surface area contributed by atoms with Crippen molar-refractivity contribution in [3.05, 3.63) is 101 Å². The van der Waals surface area contributed by atoms with E-state index >= 15 is 4.39 Å². The Morgan fingerprint density at radius 3 is 2.36 bits per heavy atom. The summed E-state index contributed by atoms with van der Waals surface area (Å²) in [4.78, 5) is 43.2. The Bertz CT molecular complexity index is 1870. The van der Waals surface area contributed by atoms with Crippen molar-refractivity contribution in [1.29, 1.82) is 0 Å². The molecule has 0 aliphatic heterocycles. The predicted molar refractivity (Wildman–Crippen MR) is 178 cm³/mol. The lowest BCUT2D eigenvalue weighted by molar-refractivity contribution is -0.141. The van der Waals surface area contributed by atoms with E-state index in [2.05, 4.69) is 26.0 Å². The summed E-state index contributed by atoms with van der Waals surface area (Å²) in [7, 11) is 0. The largest absolute Gasteiger partial charge is 0.444 e. The Kier molecular flexibility index (Phi) is 10.3. The van der Waals surface area contributed by atoms with Crippen LogP contribution in [0.4, 0.5) is 33.7 Å². The first-order valence-corrected chi connectivity index (χ1v) is 16.2. The highest BCUT2D eigenvalue weighted by molar-refractivity contribution is 6.03. The summed E-state index contributed by atoms with van der Waals surface area (Å²) >= 11 is 0. The van der Waals surface area contributed by atoms with Crippen molar-refractivity contribution in [3.8, 4) is 5.69 Å². The zero-order chi connectivity index (χ0) is 36.3. The first-order valence-electron chi connectivity index (χ1n) is 16.2. The fourth-order valence-corrected chi connectivity index (χ4v) is 5.52. The standard InChI is InChI=1S/C36H38F4N6O4/c1-5-31(47)44-35(16-15-22-11-12-22,24-8-7-17-41-21-24)23-13-14-27(37)28(18-23)43-32(48)29-20-30(36(38,39)40)45-46(29)26-10-6-9-25(19-26)42-33(49)50-34(2,3)4/h6-10,13-14,17-22H,5,11-12,15-16H2,1-4H3,(H,42,49)(H,43,48)(H,44,47). The van der Waals surface area contributed by atoms with E-state index in [1.807, 2.05) is 0 Å². The van der Waals surface area contributed by atoms with Crippen molar-refractivity contribution in [3.63, 3.8) is 0 Å². The molecule has 264 valence electrons. The molecule has 1 atom stereocenters. The number of aromatic nitrogens is 3. The maximum Gasteiger partial charge on any atom is 0.435 e. The van der Waals surface area contributed by atoms with Gasteiger partial charge in [-0.05, 0) is 81.5 Å². The molecule has 2 aromatic heterocycles. The Morgan fingerprint density at radius 2 is 1.72 bits per heavy atom. The number of rotatable bonds is 11. The molecular formula is C36H38F4N6O4. The molecule has 0 radical (unpaired) electrons. The minimum atomic E-state index is -4.92. The molecule has 5 rings (SSSR count). The SMILES string of the molecule is CCC(=O)NC(CCC1CC1)(c1cccnc1)c1ccc(F)c(NC(=O)c2cc(C(F)(F)F)nn2-c2cccc(NC(=O)OC(C)(C)C)c2)c1. The van der Waals surface area contributed by atoms with Crippen molar-refractivity contribution in [1.82, 2.24) is 20.1 Å². The first-order chi connectivity index (χ1) is 23.6. The highest BCUT2D eigenvalue weighted by atomic mass is 19.4. The van der Waals surface area contributed by atoms with Gasteiger partial charge in [0.25, 0.3) is 5.91 Å². The Morgan fingerprint density at radius 1 is 0.960 bits per heavy atom. The number of ether oxygens (including phenoxy) is 1. The van der Waals surface area contributed by atoms with Crippen molar-refractivity contribution in [2.75, 3.05) is 10.6 Å². The second-order valence-corrected chi connectivity index (χ2v) is 13.2. The smallest absolute Gasteiger partial charge is 0.435 e. The fourth-order valence-electron chi connectivity index (χ4n) is 5.52. The van der Waals surface area contributed by atoms with Gasteiger partial charge in [0.2, 0.25) is 5.91 Å². The lowest BCUT2D eigenvalue weighted by Crippen LogP contribution is -2.47. The summed E-state index contributed by atoms with van der Waals surface area (Å²) in [5.41, 5.74) is -2.90. The third-order valence-corrected chi connectivity index (χ3v) is 8.13. The summed E-state index contributed by atoms with van der Waals surface area (Å²) in [6.45, 7) is 6.72. The van der Waals surface area contributed by atoms with Gasteiger partial charge in [-0.1, -0.05) is 38.0 Å². The van der Waals surface area contributed by atoms with E-state index in [9.17, 15) is 27.6 Å². The van der Waals surface area contributed by atoms with Gasteiger partial charge in [0.1, 0.15) is 17.1 Å². The molecule has 2 aromatic carbocycles. The van der Waals surface area contributed by atoms with Crippen LogP contribution in [0.2, 0.25) is 0 Å². The number of alkyl halides is 3. The normalized spacial score (nSPS) is 14.4. The zero-order valence-corrected chi connectivity index (χ0v) is 28.0. The van der Waals surface area contributed by atoms with Crippen LogP contribution in [0.5, 0.6) is 0 Å². The molecule has 1 unspecified atom stereocenters. The van der Waals surface area contributed by atoms with Crippen LogP contribution in [0.3, 0.4) is 0 Å². The molecule has 1 saturated carbocycles. The summed E-state index contributed by atoms with van der Waals surface area (Å²) in [5.74, 6) is -1.72. The second kappa shape index (κ2) is 14.3. The molecule has 4 aromatic rings. The summed E-state index contributed by atoms with van der Waals surface area (Å²) < 4.78 is 63.1. The number of anilines is 2. The number of carbonyl (C=O) groups is 3. The van der Waals surface area contributed by atoms with Crippen molar-refractivity contribution in [2.24, 2.45) is 5.92 Å². The van der Waals surface area contributed by atoms with Crippen molar-refractivity contribution >= 4 is 29.3 Å². The highest BCUT2D eigenvalue weighted by Gasteiger charge is 2.39. The van der Waals surface area contributed by atoms with E-state index in [-0.39, 0.29) is 29.4 Å². The van der Waals surface area contributed by atoms with Gasteiger partial charge in [0.15, 0.2) is 5.69 Å². The third-order valence-electron chi connectivity index (χ3n) is 8.13. The number of amides is 3. The quantitative estimate of drug-likeness (QED) is 0.137. The maximum absolute atomic E-state index is 15.4.